The van der Waals surface area contributed by atoms with Crippen molar-refractivity contribution in [2.45, 2.75) is 26.4 Å². The second-order valence-electron chi connectivity index (χ2n) is 4.98. The highest BCUT2D eigenvalue weighted by molar-refractivity contribution is 5.84. The van der Waals surface area contributed by atoms with Crippen molar-refractivity contribution in [2.24, 2.45) is 5.92 Å². The van der Waals surface area contributed by atoms with Gasteiger partial charge in [-0.15, -0.1) is 0 Å². The van der Waals surface area contributed by atoms with Crippen molar-refractivity contribution in [3.8, 4) is 0 Å². The summed E-state index contributed by atoms with van der Waals surface area (Å²) in [5, 5.41) is 12.0. The maximum atomic E-state index is 10.7. The maximum Gasteiger partial charge on any atom is 0.371 e. The molecule has 1 aromatic heterocycles. The summed E-state index contributed by atoms with van der Waals surface area (Å²) in [4.78, 5) is 12.8. The standard InChI is InChI=1S/C13H22N2O3/c1-9(2)11(15(3)4)8-14-7-10-5-6-12(18-10)13(16)17/h5-6,9,11,14H,7-8H2,1-4H3,(H,16,17). The molecule has 0 saturated heterocycles. The molecule has 0 amide bonds. The average molecular weight is 254 g/mol. The molecule has 0 saturated carbocycles. The van der Waals surface area contributed by atoms with Crippen LogP contribution in [0.25, 0.3) is 0 Å². The quantitative estimate of drug-likeness (QED) is 0.774. The van der Waals surface area contributed by atoms with Gasteiger partial charge in [0.25, 0.3) is 0 Å². The van der Waals surface area contributed by atoms with Crippen molar-refractivity contribution in [1.29, 1.82) is 0 Å². The maximum absolute atomic E-state index is 10.7. The summed E-state index contributed by atoms with van der Waals surface area (Å²) in [7, 11) is 4.11. The van der Waals surface area contributed by atoms with Gasteiger partial charge in [0, 0.05) is 12.6 Å². The Kier molecular flexibility index (Phi) is 5.37. The van der Waals surface area contributed by atoms with Crippen LogP contribution in [0.1, 0.15) is 30.2 Å². The Hall–Kier alpha value is -1.33. The molecule has 1 unspecified atom stereocenters. The predicted octanol–water partition coefficient (Wildman–Crippen LogP) is 1.65. The summed E-state index contributed by atoms with van der Waals surface area (Å²) in [5.74, 6) is 0.154. The monoisotopic (exact) mass is 254 g/mol. The SMILES string of the molecule is CC(C)C(CNCc1ccc(C(=O)O)o1)N(C)C. The van der Waals surface area contributed by atoms with E-state index in [0.717, 1.165) is 6.54 Å². The molecule has 1 aromatic rings. The van der Waals surface area contributed by atoms with Gasteiger partial charge in [0.1, 0.15) is 5.76 Å². The Balaban J connectivity index is 2.42. The Labute approximate surface area is 108 Å². The minimum atomic E-state index is -1.03. The van der Waals surface area contributed by atoms with E-state index >= 15 is 0 Å². The van der Waals surface area contributed by atoms with Crippen molar-refractivity contribution in [3.05, 3.63) is 23.7 Å². The van der Waals surface area contributed by atoms with Crippen LogP contribution in [0.15, 0.2) is 16.5 Å². The summed E-state index contributed by atoms with van der Waals surface area (Å²) < 4.78 is 5.17. The van der Waals surface area contributed by atoms with Gasteiger partial charge >= 0.3 is 5.97 Å². The van der Waals surface area contributed by atoms with Crippen LogP contribution in [0.4, 0.5) is 0 Å². The Morgan fingerprint density at radius 2 is 2.11 bits per heavy atom. The van der Waals surface area contributed by atoms with Crippen molar-refractivity contribution >= 4 is 5.97 Å². The van der Waals surface area contributed by atoms with E-state index in [1.165, 1.54) is 6.07 Å². The minimum absolute atomic E-state index is 0.0141. The fraction of sp³-hybridized carbons (Fsp3) is 0.615. The summed E-state index contributed by atoms with van der Waals surface area (Å²) in [6.07, 6.45) is 0. The molecule has 1 rings (SSSR count). The summed E-state index contributed by atoms with van der Waals surface area (Å²) >= 11 is 0. The lowest BCUT2D eigenvalue weighted by atomic mass is 10.0. The van der Waals surface area contributed by atoms with Gasteiger partial charge in [0.15, 0.2) is 0 Å². The zero-order valence-electron chi connectivity index (χ0n) is 11.4. The first-order valence-corrected chi connectivity index (χ1v) is 6.11. The normalized spacial score (nSPS) is 13.2. The van der Waals surface area contributed by atoms with E-state index in [2.05, 4.69) is 38.2 Å². The van der Waals surface area contributed by atoms with Crippen LogP contribution in [-0.2, 0) is 6.54 Å². The predicted molar refractivity (Wildman–Crippen MR) is 69.7 cm³/mol. The third kappa shape index (κ3) is 4.16. The van der Waals surface area contributed by atoms with Crippen LogP contribution in [0.5, 0.6) is 0 Å². The smallest absolute Gasteiger partial charge is 0.371 e. The van der Waals surface area contributed by atoms with Crippen molar-refractivity contribution in [2.75, 3.05) is 20.6 Å². The van der Waals surface area contributed by atoms with Gasteiger partial charge in [-0.3, -0.25) is 0 Å². The first-order valence-electron chi connectivity index (χ1n) is 6.11. The topological polar surface area (TPSA) is 65.7 Å². The molecular weight excluding hydrogens is 232 g/mol. The molecule has 0 aliphatic carbocycles. The highest BCUT2D eigenvalue weighted by Gasteiger charge is 2.15. The lowest BCUT2D eigenvalue weighted by Crippen LogP contribution is -2.41. The molecule has 0 bridgehead atoms. The minimum Gasteiger partial charge on any atom is -0.475 e. The number of carboxylic acids is 1. The molecular formula is C13H22N2O3. The molecule has 5 heteroatoms. The molecule has 1 heterocycles. The van der Waals surface area contributed by atoms with Crippen molar-refractivity contribution < 1.29 is 14.3 Å². The first-order chi connectivity index (χ1) is 8.41. The molecule has 0 aliphatic heterocycles. The number of carboxylic acid groups (broad SMARTS) is 1. The lowest BCUT2D eigenvalue weighted by Gasteiger charge is -2.28. The first kappa shape index (κ1) is 14.7. The number of aromatic carboxylic acids is 1. The molecule has 0 radical (unpaired) electrons. The fourth-order valence-electron chi connectivity index (χ4n) is 1.95. The van der Waals surface area contributed by atoms with E-state index in [1.807, 2.05) is 0 Å². The van der Waals surface area contributed by atoms with E-state index in [4.69, 9.17) is 9.52 Å². The number of hydrogen-bond acceptors (Lipinski definition) is 4. The molecule has 0 aliphatic rings. The molecule has 0 fully saturated rings. The second kappa shape index (κ2) is 6.56. The third-order valence-electron chi connectivity index (χ3n) is 2.96. The number of nitrogens with zero attached hydrogens (tertiary/aromatic N) is 1. The van der Waals surface area contributed by atoms with Gasteiger partial charge < -0.3 is 19.7 Å². The lowest BCUT2D eigenvalue weighted by molar-refractivity contribution is 0.0660. The Morgan fingerprint density at radius 3 is 2.56 bits per heavy atom. The second-order valence-corrected chi connectivity index (χ2v) is 4.98. The van der Waals surface area contributed by atoms with Crippen LogP contribution in [0, 0.1) is 5.92 Å². The van der Waals surface area contributed by atoms with Crippen LogP contribution in [0.2, 0.25) is 0 Å². The van der Waals surface area contributed by atoms with Crippen LogP contribution >= 0.6 is 0 Å². The number of hydrogen-bond donors (Lipinski definition) is 2. The number of likely N-dealkylation sites (N-methyl/N-ethyl adjacent to an activating group) is 1. The highest BCUT2D eigenvalue weighted by atomic mass is 16.4. The van der Waals surface area contributed by atoms with Gasteiger partial charge in [0.05, 0.1) is 6.54 Å². The van der Waals surface area contributed by atoms with Crippen LogP contribution < -0.4 is 5.32 Å². The Bertz CT molecular complexity index is 377. The van der Waals surface area contributed by atoms with Crippen molar-refractivity contribution in [1.82, 2.24) is 10.2 Å². The molecule has 18 heavy (non-hydrogen) atoms. The number of carbonyl (C=O) groups is 1. The van der Waals surface area contributed by atoms with Gasteiger partial charge in [-0.1, -0.05) is 13.8 Å². The van der Waals surface area contributed by atoms with Gasteiger partial charge in [-0.2, -0.15) is 0 Å². The number of nitrogens with one attached hydrogen (secondary N) is 1. The van der Waals surface area contributed by atoms with Gasteiger partial charge in [-0.25, -0.2) is 4.79 Å². The highest BCUT2D eigenvalue weighted by Crippen LogP contribution is 2.09. The van der Waals surface area contributed by atoms with Gasteiger partial charge in [-0.05, 0) is 32.1 Å². The zero-order valence-corrected chi connectivity index (χ0v) is 11.4. The largest absolute Gasteiger partial charge is 0.475 e. The fourth-order valence-corrected chi connectivity index (χ4v) is 1.95. The van der Waals surface area contributed by atoms with E-state index < -0.39 is 5.97 Å². The summed E-state index contributed by atoms with van der Waals surface area (Å²) in [5.41, 5.74) is 0. The van der Waals surface area contributed by atoms with Crippen LogP contribution in [0.3, 0.4) is 0 Å². The zero-order chi connectivity index (χ0) is 13.7. The van der Waals surface area contributed by atoms with Crippen LogP contribution in [-0.4, -0.2) is 42.7 Å². The van der Waals surface area contributed by atoms with Gasteiger partial charge in [0.2, 0.25) is 5.76 Å². The molecule has 2 N–H and O–H groups in total. The summed E-state index contributed by atoms with van der Waals surface area (Å²) in [6.45, 7) is 5.75. The molecule has 1 atom stereocenters. The number of rotatable bonds is 7. The number of furan rings is 1. The molecule has 0 aromatic carbocycles. The molecule has 102 valence electrons. The van der Waals surface area contributed by atoms with E-state index in [0.29, 0.717) is 24.3 Å². The third-order valence-corrected chi connectivity index (χ3v) is 2.96. The van der Waals surface area contributed by atoms with E-state index in [-0.39, 0.29) is 5.76 Å². The molecule has 0 spiro atoms. The Morgan fingerprint density at radius 1 is 1.44 bits per heavy atom. The average Bonchev–Trinajstić information content (AvgIpc) is 2.71. The van der Waals surface area contributed by atoms with E-state index in [9.17, 15) is 4.79 Å². The van der Waals surface area contributed by atoms with E-state index in [1.54, 1.807) is 6.07 Å². The van der Waals surface area contributed by atoms with Crippen molar-refractivity contribution in [3.63, 3.8) is 0 Å². The molecule has 5 nitrogen and oxygen atoms in total. The summed E-state index contributed by atoms with van der Waals surface area (Å²) in [6, 6.07) is 3.61.